The van der Waals surface area contributed by atoms with Crippen LogP contribution in [0.1, 0.15) is 29.7 Å². The van der Waals surface area contributed by atoms with Gasteiger partial charge >= 0.3 is 0 Å². The van der Waals surface area contributed by atoms with Crippen LogP contribution >= 0.6 is 15.9 Å². The highest BCUT2D eigenvalue weighted by Crippen LogP contribution is 2.25. The number of nitrogens with zero attached hydrogens (tertiary/aromatic N) is 1. The number of halogens is 1. The Morgan fingerprint density at radius 1 is 1.12 bits per heavy atom. The molecule has 16 heavy (non-hydrogen) atoms. The molecule has 0 N–H and O–H groups in total. The molecule has 1 aromatic rings. The summed E-state index contributed by atoms with van der Waals surface area (Å²) >= 11 is 3.32. The van der Waals surface area contributed by atoms with E-state index >= 15 is 0 Å². The number of hydrogen-bond acceptors (Lipinski definition) is 2. The van der Waals surface area contributed by atoms with Gasteiger partial charge in [0, 0.05) is 18.8 Å². The summed E-state index contributed by atoms with van der Waals surface area (Å²) in [4.78, 5) is 12.9. The number of anilines is 1. The fraction of sp³-hybridized carbons (Fsp3) is 0.462. The summed E-state index contributed by atoms with van der Waals surface area (Å²) in [5.74, 6) is 0. The summed E-state index contributed by atoms with van der Waals surface area (Å²) in [5.41, 5.74) is 2.30. The monoisotopic (exact) mass is 281 g/mol. The van der Waals surface area contributed by atoms with Gasteiger partial charge in [0.15, 0.2) is 0 Å². The normalized spacial score (nSPS) is 18.2. The zero-order valence-corrected chi connectivity index (χ0v) is 10.8. The Kier molecular flexibility index (Phi) is 3.99. The van der Waals surface area contributed by atoms with Gasteiger partial charge in [-0.25, -0.2) is 0 Å². The summed E-state index contributed by atoms with van der Waals surface area (Å²) in [6, 6.07) is 8.27. The molecule has 1 atom stereocenters. The van der Waals surface area contributed by atoms with E-state index in [1.54, 1.807) is 0 Å². The Labute approximate surface area is 105 Å². The van der Waals surface area contributed by atoms with Gasteiger partial charge in [0.05, 0.1) is 4.83 Å². The van der Waals surface area contributed by atoms with Crippen molar-refractivity contribution < 1.29 is 4.79 Å². The zero-order chi connectivity index (χ0) is 11.4. The van der Waals surface area contributed by atoms with E-state index in [9.17, 15) is 4.79 Å². The molecule has 1 fully saturated rings. The first-order chi connectivity index (χ1) is 7.81. The second kappa shape index (κ2) is 5.48. The summed E-state index contributed by atoms with van der Waals surface area (Å²) < 4.78 is 0. The van der Waals surface area contributed by atoms with Crippen molar-refractivity contribution in [3.05, 3.63) is 29.8 Å². The number of piperidine rings is 1. The summed E-state index contributed by atoms with van der Waals surface area (Å²) in [5, 5.41) is 0. The van der Waals surface area contributed by atoms with Crippen LogP contribution < -0.4 is 4.90 Å². The number of carbonyl (C=O) groups is 1. The first-order valence-corrected chi connectivity index (χ1v) is 6.67. The van der Waals surface area contributed by atoms with E-state index in [1.165, 1.54) is 24.9 Å². The third kappa shape index (κ3) is 2.64. The molecule has 0 aromatic heterocycles. The van der Waals surface area contributed by atoms with Crippen LogP contribution in [0.5, 0.6) is 0 Å². The quantitative estimate of drug-likeness (QED) is 0.626. The van der Waals surface area contributed by atoms with Gasteiger partial charge in [-0.05, 0) is 37.0 Å². The third-order valence-corrected chi connectivity index (χ3v) is 3.80. The maximum atomic E-state index is 10.6. The lowest BCUT2D eigenvalue weighted by Gasteiger charge is -2.28. The topological polar surface area (TPSA) is 20.3 Å². The van der Waals surface area contributed by atoms with Crippen LogP contribution in [0.15, 0.2) is 24.3 Å². The Hall–Kier alpha value is -0.830. The van der Waals surface area contributed by atoms with Crippen molar-refractivity contribution in [3.63, 3.8) is 0 Å². The van der Waals surface area contributed by atoms with Crippen LogP contribution in [0.3, 0.4) is 0 Å². The third-order valence-electron chi connectivity index (χ3n) is 3.05. The smallest absolute Gasteiger partial charge is 0.138 e. The molecule has 86 valence electrons. The summed E-state index contributed by atoms with van der Waals surface area (Å²) in [7, 11) is 0. The van der Waals surface area contributed by atoms with Crippen molar-refractivity contribution in [1.29, 1.82) is 0 Å². The van der Waals surface area contributed by atoms with Gasteiger partial charge in [0.1, 0.15) is 6.29 Å². The number of alkyl halides is 1. The van der Waals surface area contributed by atoms with E-state index in [-0.39, 0.29) is 4.83 Å². The van der Waals surface area contributed by atoms with Crippen molar-refractivity contribution in [2.24, 2.45) is 0 Å². The van der Waals surface area contributed by atoms with E-state index in [2.05, 4.69) is 33.0 Å². The number of aldehydes is 1. The predicted molar refractivity (Wildman–Crippen MR) is 70.2 cm³/mol. The molecule has 1 unspecified atom stereocenters. The van der Waals surface area contributed by atoms with Gasteiger partial charge < -0.3 is 9.69 Å². The molecule has 2 rings (SSSR count). The number of rotatable bonds is 3. The first kappa shape index (κ1) is 11.6. The van der Waals surface area contributed by atoms with Crippen LogP contribution in [-0.2, 0) is 4.79 Å². The van der Waals surface area contributed by atoms with E-state index in [1.807, 2.05) is 12.1 Å². The largest absolute Gasteiger partial charge is 0.372 e. The average Bonchev–Trinajstić information content (AvgIpc) is 2.39. The number of hydrogen-bond donors (Lipinski definition) is 0. The van der Waals surface area contributed by atoms with Crippen molar-refractivity contribution in [3.8, 4) is 0 Å². The fourth-order valence-corrected chi connectivity index (χ4v) is 2.40. The second-order valence-electron chi connectivity index (χ2n) is 4.18. The lowest BCUT2D eigenvalue weighted by molar-refractivity contribution is -0.107. The molecule has 0 bridgehead atoms. The molecule has 0 spiro atoms. The maximum Gasteiger partial charge on any atom is 0.138 e. The molecular formula is C13H16BrNO. The lowest BCUT2D eigenvalue weighted by atomic mass is 10.1. The highest BCUT2D eigenvalue weighted by atomic mass is 79.9. The minimum absolute atomic E-state index is 0.178. The van der Waals surface area contributed by atoms with Crippen LogP contribution in [0, 0.1) is 0 Å². The van der Waals surface area contributed by atoms with Crippen molar-refractivity contribution in [1.82, 2.24) is 0 Å². The Morgan fingerprint density at radius 3 is 2.31 bits per heavy atom. The molecule has 1 aliphatic heterocycles. The molecular weight excluding hydrogens is 266 g/mol. The lowest BCUT2D eigenvalue weighted by Crippen LogP contribution is -2.29. The van der Waals surface area contributed by atoms with Gasteiger partial charge in [-0.15, -0.1) is 0 Å². The molecule has 2 nitrogen and oxygen atoms in total. The Bertz CT molecular complexity index is 343. The van der Waals surface area contributed by atoms with Crippen LogP contribution in [0.25, 0.3) is 0 Å². The van der Waals surface area contributed by atoms with Crippen molar-refractivity contribution >= 4 is 27.9 Å². The average molecular weight is 282 g/mol. The van der Waals surface area contributed by atoms with E-state index in [0.717, 1.165) is 24.9 Å². The Morgan fingerprint density at radius 2 is 1.75 bits per heavy atom. The highest BCUT2D eigenvalue weighted by molar-refractivity contribution is 9.09. The van der Waals surface area contributed by atoms with Crippen molar-refractivity contribution in [2.45, 2.75) is 24.1 Å². The standard InChI is InChI=1S/C13H16BrNO/c14-13(10-16)11-4-6-12(7-5-11)15-8-2-1-3-9-15/h4-7,10,13H,1-3,8-9H2. The minimum Gasteiger partial charge on any atom is -0.372 e. The van der Waals surface area contributed by atoms with Crippen molar-refractivity contribution in [2.75, 3.05) is 18.0 Å². The highest BCUT2D eigenvalue weighted by Gasteiger charge is 2.11. The predicted octanol–water partition coefficient (Wildman–Crippen LogP) is 3.31. The van der Waals surface area contributed by atoms with Gasteiger partial charge in [-0.3, -0.25) is 0 Å². The van der Waals surface area contributed by atoms with Crippen LogP contribution in [0.2, 0.25) is 0 Å². The van der Waals surface area contributed by atoms with Gasteiger partial charge in [-0.2, -0.15) is 0 Å². The van der Waals surface area contributed by atoms with Gasteiger partial charge in [0.25, 0.3) is 0 Å². The van der Waals surface area contributed by atoms with E-state index in [0.29, 0.717) is 0 Å². The Balaban J connectivity index is 2.08. The summed E-state index contributed by atoms with van der Waals surface area (Å²) in [6.07, 6.45) is 4.84. The molecule has 1 aliphatic rings. The summed E-state index contributed by atoms with van der Waals surface area (Å²) in [6.45, 7) is 2.32. The molecule has 3 heteroatoms. The maximum absolute atomic E-state index is 10.6. The molecule has 1 aromatic carbocycles. The fourth-order valence-electron chi connectivity index (χ4n) is 2.10. The van der Waals surface area contributed by atoms with Crippen LogP contribution in [-0.4, -0.2) is 19.4 Å². The first-order valence-electron chi connectivity index (χ1n) is 5.75. The number of carbonyl (C=O) groups excluding carboxylic acids is 1. The zero-order valence-electron chi connectivity index (χ0n) is 9.23. The molecule has 0 aliphatic carbocycles. The molecule has 0 radical (unpaired) electrons. The molecule has 1 heterocycles. The van der Waals surface area contributed by atoms with Gasteiger partial charge in [0.2, 0.25) is 0 Å². The van der Waals surface area contributed by atoms with Crippen LogP contribution in [0.4, 0.5) is 5.69 Å². The number of benzene rings is 1. The van der Waals surface area contributed by atoms with Gasteiger partial charge in [-0.1, -0.05) is 28.1 Å². The molecule has 1 saturated heterocycles. The SMILES string of the molecule is O=CC(Br)c1ccc(N2CCCCC2)cc1. The molecule has 0 saturated carbocycles. The minimum atomic E-state index is -0.178. The van der Waals surface area contributed by atoms with E-state index < -0.39 is 0 Å². The second-order valence-corrected chi connectivity index (χ2v) is 5.16. The van der Waals surface area contributed by atoms with E-state index in [4.69, 9.17) is 0 Å². The molecule has 0 amide bonds.